The second-order valence-electron chi connectivity index (χ2n) is 5.07. The molecule has 1 aromatic heterocycles. The average molecular weight is 235 g/mol. The fourth-order valence-corrected chi connectivity index (χ4v) is 1.77. The highest BCUT2D eigenvalue weighted by molar-refractivity contribution is 5.49. The summed E-state index contributed by atoms with van der Waals surface area (Å²) >= 11 is 0. The van der Waals surface area contributed by atoms with Crippen molar-refractivity contribution in [3.8, 4) is 5.75 Å². The summed E-state index contributed by atoms with van der Waals surface area (Å²) in [7, 11) is 0. The van der Waals surface area contributed by atoms with E-state index in [1.54, 1.807) is 6.20 Å². The predicted octanol–water partition coefficient (Wildman–Crippen LogP) is 2.02. The van der Waals surface area contributed by atoms with E-state index in [9.17, 15) is 0 Å². The molecule has 0 aromatic carbocycles. The number of hydrogen-bond donors (Lipinski definition) is 2. The number of hydrogen-bond acceptors (Lipinski definition) is 4. The van der Waals surface area contributed by atoms with E-state index in [2.05, 4.69) is 10.3 Å². The van der Waals surface area contributed by atoms with Gasteiger partial charge in [-0.2, -0.15) is 0 Å². The molecule has 0 radical (unpaired) electrons. The van der Waals surface area contributed by atoms with Gasteiger partial charge in [0, 0.05) is 12.7 Å². The second-order valence-corrected chi connectivity index (χ2v) is 5.07. The maximum Gasteiger partial charge on any atom is 0.168 e. The van der Waals surface area contributed by atoms with Crippen LogP contribution in [0.5, 0.6) is 5.75 Å². The largest absolute Gasteiger partial charge is 0.487 e. The summed E-state index contributed by atoms with van der Waals surface area (Å²) < 4.78 is 5.71. The molecule has 0 amide bonds. The van der Waals surface area contributed by atoms with E-state index in [-0.39, 0.29) is 6.10 Å². The zero-order valence-corrected chi connectivity index (χ0v) is 10.6. The molecule has 1 fully saturated rings. The Morgan fingerprint density at radius 1 is 1.53 bits per heavy atom. The van der Waals surface area contributed by atoms with E-state index in [1.165, 1.54) is 12.8 Å². The minimum Gasteiger partial charge on any atom is -0.487 e. The molecule has 1 saturated carbocycles. The Morgan fingerprint density at radius 3 is 2.88 bits per heavy atom. The lowest BCUT2D eigenvalue weighted by Gasteiger charge is -2.17. The molecular formula is C13H21N3O. The average Bonchev–Trinajstić information content (AvgIpc) is 3.08. The van der Waals surface area contributed by atoms with Gasteiger partial charge in [-0.25, -0.2) is 4.98 Å². The van der Waals surface area contributed by atoms with Crippen molar-refractivity contribution in [1.29, 1.82) is 0 Å². The molecule has 2 rings (SSSR count). The van der Waals surface area contributed by atoms with Crippen LogP contribution in [0.1, 0.15) is 26.7 Å². The van der Waals surface area contributed by atoms with Gasteiger partial charge in [0.2, 0.25) is 0 Å². The van der Waals surface area contributed by atoms with Crippen LogP contribution in [-0.4, -0.2) is 24.2 Å². The highest BCUT2D eigenvalue weighted by Gasteiger charge is 2.41. The quantitative estimate of drug-likeness (QED) is 0.792. The SMILES string of the molecule is CC(C)Oc1cccnc1NCC1(CN)CC1. The molecule has 0 aliphatic heterocycles. The number of rotatable bonds is 6. The molecule has 1 aliphatic carbocycles. The van der Waals surface area contributed by atoms with Crippen molar-refractivity contribution in [3.63, 3.8) is 0 Å². The summed E-state index contributed by atoms with van der Waals surface area (Å²) in [5, 5.41) is 3.36. The Labute approximate surface area is 103 Å². The summed E-state index contributed by atoms with van der Waals surface area (Å²) in [6.07, 6.45) is 4.36. The predicted molar refractivity (Wildman–Crippen MR) is 69.2 cm³/mol. The first-order valence-corrected chi connectivity index (χ1v) is 6.21. The Kier molecular flexibility index (Phi) is 3.52. The minimum atomic E-state index is 0.157. The number of nitrogens with two attached hydrogens (primary N) is 1. The van der Waals surface area contributed by atoms with Gasteiger partial charge in [0.15, 0.2) is 11.6 Å². The van der Waals surface area contributed by atoms with Crippen molar-refractivity contribution in [2.24, 2.45) is 11.1 Å². The number of pyridine rings is 1. The first-order valence-electron chi connectivity index (χ1n) is 6.21. The third kappa shape index (κ3) is 3.09. The Balaban J connectivity index is 1.99. The molecule has 4 heteroatoms. The van der Waals surface area contributed by atoms with Gasteiger partial charge < -0.3 is 15.8 Å². The number of anilines is 1. The lowest BCUT2D eigenvalue weighted by Crippen LogP contribution is -2.24. The maximum atomic E-state index is 5.76. The molecule has 0 bridgehead atoms. The number of nitrogens with zero attached hydrogens (tertiary/aromatic N) is 1. The topological polar surface area (TPSA) is 60.2 Å². The van der Waals surface area contributed by atoms with Gasteiger partial charge in [0.05, 0.1) is 6.10 Å². The molecule has 1 heterocycles. The van der Waals surface area contributed by atoms with E-state index in [0.29, 0.717) is 5.41 Å². The third-order valence-electron chi connectivity index (χ3n) is 3.15. The van der Waals surface area contributed by atoms with Crippen LogP contribution in [0.2, 0.25) is 0 Å². The molecule has 0 spiro atoms. The first kappa shape index (κ1) is 12.2. The van der Waals surface area contributed by atoms with Gasteiger partial charge in [-0.3, -0.25) is 0 Å². The van der Waals surface area contributed by atoms with Crippen LogP contribution < -0.4 is 15.8 Å². The summed E-state index contributed by atoms with van der Waals surface area (Å²) in [6, 6.07) is 3.83. The highest BCUT2D eigenvalue weighted by atomic mass is 16.5. The third-order valence-corrected chi connectivity index (χ3v) is 3.15. The molecule has 3 N–H and O–H groups in total. The van der Waals surface area contributed by atoms with Gasteiger partial charge in [-0.1, -0.05) is 0 Å². The van der Waals surface area contributed by atoms with Crippen molar-refractivity contribution < 1.29 is 4.74 Å². The highest BCUT2D eigenvalue weighted by Crippen LogP contribution is 2.44. The van der Waals surface area contributed by atoms with E-state index in [1.807, 2.05) is 26.0 Å². The van der Waals surface area contributed by atoms with E-state index < -0.39 is 0 Å². The monoisotopic (exact) mass is 235 g/mol. The summed E-state index contributed by atoms with van der Waals surface area (Å²) in [6.45, 7) is 5.65. The fourth-order valence-electron chi connectivity index (χ4n) is 1.77. The smallest absolute Gasteiger partial charge is 0.168 e. The van der Waals surface area contributed by atoms with Crippen molar-refractivity contribution in [3.05, 3.63) is 18.3 Å². The van der Waals surface area contributed by atoms with Gasteiger partial charge in [-0.05, 0) is 50.8 Å². The molecule has 0 saturated heterocycles. The van der Waals surface area contributed by atoms with Crippen LogP contribution in [0.3, 0.4) is 0 Å². The van der Waals surface area contributed by atoms with Crippen LogP contribution >= 0.6 is 0 Å². The minimum absolute atomic E-state index is 0.157. The number of ether oxygens (including phenoxy) is 1. The van der Waals surface area contributed by atoms with Gasteiger partial charge in [0.25, 0.3) is 0 Å². The normalized spacial score (nSPS) is 16.9. The zero-order chi connectivity index (χ0) is 12.3. The van der Waals surface area contributed by atoms with Gasteiger partial charge >= 0.3 is 0 Å². The molecule has 1 aliphatic rings. The lowest BCUT2D eigenvalue weighted by atomic mass is 10.1. The molecule has 1 aromatic rings. The summed E-state index contributed by atoms with van der Waals surface area (Å²) in [5.74, 6) is 1.64. The van der Waals surface area contributed by atoms with Crippen LogP contribution in [0, 0.1) is 5.41 Å². The zero-order valence-electron chi connectivity index (χ0n) is 10.6. The van der Waals surface area contributed by atoms with E-state index >= 15 is 0 Å². The molecule has 4 nitrogen and oxygen atoms in total. The van der Waals surface area contributed by atoms with Gasteiger partial charge in [-0.15, -0.1) is 0 Å². The summed E-state index contributed by atoms with van der Waals surface area (Å²) in [5.41, 5.74) is 6.06. The van der Waals surface area contributed by atoms with E-state index in [4.69, 9.17) is 10.5 Å². The Hall–Kier alpha value is -1.29. The van der Waals surface area contributed by atoms with Gasteiger partial charge in [0.1, 0.15) is 0 Å². The maximum absolute atomic E-state index is 5.76. The molecule has 0 atom stereocenters. The first-order chi connectivity index (χ1) is 8.15. The lowest BCUT2D eigenvalue weighted by molar-refractivity contribution is 0.243. The second kappa shape index (κ2) is 4.92. The number of aromatic nitrogens is 1. The van der Waals surface area contributed by atoms with Crippen LogP contribution in [0.15, 0.2) is 18.3 Å². The summed E-state index contributed by atoms with van der Waals surface area (Å²) in [4.78, 5) is 4.32. The van der Waals surface area contributed by atoms with Crippen molar-refractivity contribution >= 4 is 5.82 Å². The van der Waals surface area contributed by atoms with Crippen molar-refractivity contribution in [1.82, 2.24) is 4.98 Å². The number of nitrogens with one attached hydrogen (secondary N) is 1. The molecular weight excluding hydrogens is 214 g/mol. The Bertz CT molecular complexity index is 375. The molecule has 17 heavy (non-hydrogen) atoms. The van der Waals surface area contributed by atoms with Crippen LogP contribution in [-0.2, 0) is 0 Å². The van der Waals surface area contributed by atoms with Crippen LogP contribution in [0.4, 0.5) is 5.82 Å². The van der Waals surface area contributed by atoms with Crippen molar-refractivity contribution in [2.75, 3.05) is 18.4 Å². The molecule has 94 valence electrons. The van der Waals surface area contributed by atoms with E-state index in [0.717, 1.165) is 24.7 Å². The van der Waals surface area contributed by atoms with Crippen LogP contribution in [0.25, 0.3) is 0 Å². The molecule has 0 unspecified atom stereocenters. The standard InChI is InChI=1S/C13H21N3O/c1-10(2)17-11-4-3-7-15-12(11)16-9-13(8-14)5-6-13/h3-4,7,10H,5-6,8-9,14H2,1-2H3,(H,15,16). The van der Waals surface area contributed by atoms with Crippen molar-refractivity contribution in [2.45, 2.75) is 32.8 Å². The fraction of sp³-hybridized carbons (Fsp3) is 0.615. The Morgan fingerprint density at radius 2 is 2.29 bits per heavy atom.